The average Bonchev–Trinajstić information content (AvgIpc) is 2.15. The van der Waals surface area contributed by atoms with Crippen molar-refractivity contribution in [2.24, 2.45) is 11.7 Å². The summed E-state index contributed by atoms with van der Waals surface area (Å²) in [6.45, 7) is 4.05. The Hall–Kier alpha value is -0.0800. The molecule has 0 saturated heterocycles. The molecule has 0 spiro atoms. The Labute approximate surface area is 81.8 Å². The van der Waals surface area contributed by atoms with E-state index in [1.54, 1.807) is 0 Å². The van der Waals surface area contributed by atoms with Gasteiger partial charge in [-0.15, -0.1) is 0 Å². The van der Waals surface area contributed by atoms with Gasteiger partial charge in [-0.25, -0.2) is 0 Å². The molecule has 0 aromatic rings. The Kier molecular flexibility index (Phi) is 5.40. The van der Waals surface area contributed by atoms with Crippen LogP contribution >= 0.6 is 0 Å². The molecule has 1 aliphatic carbocycles. The molecule has 1 saturated carbocycles. The van der Waals surface area contributed by atoms with Crippen molar-refractivity contribution in [1.29, 1.82) is 0 Å². The molecule has 0 atom stereocenters. The molecule has 13 heavy (non-hydrogen) atoms. The van der Waals surface area contributed by atoms with Gasteiger partial charge in [0.2, 0.25) is 0 Å². The Morgan fingerprint density at radius 3 is 2.46 bits per heavy atom. The zero-order valence-corrected chi connectivity index (χ0v) is 8.80. The van der Waals surface area contributed by atoms with E-state index in [2.05, 4.69) is 6.92 Å². The number of hydrogen-bond acceptors (Lipinski definition) is 2. The Morgan fingerprint density at radius 1 is 1.15 bits per heavy atom. The van der Waals surface area contributed by atoms with Crippen molar-refractivity contribution in [2.45, 2.75) is 51.6 Å². The van der Waals surface area contributed by atoms with Crippen molar-refractivity contribution in [3.63, 3.8) is 0 Å². The first kappa shape index (κ1) is 11.0. The molecule has 1 rings (SSSR count). The van der Waals surface area contributed by atoms with Gasteiger partial charge >= 0.3 is 0 Å². The van der Waals surface area contributed by atoms with Gasteiger partial charge in [-0.2, -0.15) is 0 Å². The summed E-state index contributed by atoms with van der Waals surface area (Å²) >= 11 is 0. The summed E-state index contributed by atoms with van der Waals surface area (Å²) in [6, 6.07) is 0. The van der Waals surface area contributed by atoms with E-state index in [1.165, 1.54) is 25.7 Å². The van der Waals surface area contributed by atoms with Crippen molar-refractivity contribution >= 4 is 0 Å². The number of ether oxygens (including phenoxy) is 1. The predicted octanol–water partition coefficient (Wildman–Crippen LogP) is 2.32. The van der Waals surface area contributed by atoms with Gasteiger partial charge in [-0.05, 0) is 51.0 Å². The largest absolute Gasteiger partial charge is 0.378 e. The maximum atomic E-state index is 5.78. The van der Waals surface area contributed by atoms with E-state index in [0.29, 0.717) is 6.10 Å². The zero-order chi connectivity index (χ0) is 9.52. The molecule has 0 heterocycles. The molecule has 0 amide bonds. The number of rotatable bonds is 5. The summed E-state index contributed by atoms with van der Waals surface area (Å²) in [6.07, 6.45) is 8.01. The third kappa shape index (κ3) is 4.63. The van der Waals surface area contributed by atoms with E-state index in [9.17, 15) is 0 Å². The molecule has 2 N–H and O–H groups in total. The van der Waals surface area contributed by atoms with E-state index in [0.717, 1.165) is 31.9 Å². The lowest BCUT2D eigenvalue weighted by Crippen LogP contribution is -2.21. The Morgan fingerprint density at radius 2 is 1.85 bits per heavy atom. The van der Waals surface area contributed by atoms with Crippen molar-refractivity contribution in [3.8, 4) is 0 Å². The first-order valence-electron chi connectivity index (χ1n) is 5.64. The molecule has 0 unspecified atom stereocenters. The Bertz CT molecular complexity index is 119. The van der Waals surface area contributed by atoms with Gasteiger partial charge in [0.15, 0.2) is 0 Å². The highest BCUT2D eigenvalue weighted by Gasteiger charge is 2.17. The van der Waals surface area contributed by atoms with Crippen LogP contribution in [0.15, 0.2) is 0 Å². The van der Waals surface area contributed by atoms with E-state index >= 15 is 0 Å². The second kappa shape index (κ2) is 6.39. The molecule has 78 valence electrons. The molecule has 0 bridgehead atoms. The van der Waals surface area contributed by atoms with Crippen molar-refractivity contribution in [2.75, 3.05) is 13.2 Å². The highest BCUT2D eigenvalue weighted by molar-refractivity contribution is 4.69. The molecule has 0 aromatic carbocycles. The predicted molar refractivity (Wildman–Crippen MR) is 55.7 cm³/mol. The van der Waals surface area contributed by atoms with Crippen LogP contribution in [0.25, 0.3) is 0 Å². The fourth-order valence-corrected chi connectivity index (χ4v) is 1.89. The molecule has 0 radical (unpaired) electrons. The monoisotopic (exact) mass is 185 g/mol. The minimum Gasteiger partial charge on any atom is -0.378 e. The fraction of sp³-hybridized carbons (Fsp3) is 1.00. The SMILES string of the molecule is CC1CCC(OCCCCN)CC1. The lowest BCUT2D eigenvalue weighted by Gasteiger charge is -2.26. The first-order chi connectivity index (χ1) is 6.33. The van der Waals surface area contributed by atoms with E-state index in [-0.39, 0.29) is 0 Å². The second-order valence-corrected chi connectivity index (χ2v) is 4.25. The number of hydrogen-bond donors (Lipinski definition) is 1. The van der Waals surface area contributed by atoms with Crippen LogP contribution in [-0.4, -0.2) is 19.3 Å². The summed E-state index contributed by atoms with van der Waals surface area (Å²) in [5.74, 6) is 0.920. The first-order valence-corrected chi connectivity index (χ1v) is 5.64. The van der Waals surface area contributed by atoms with Gasteiger partial charge in [0.1, 0.15) is 0 Å². The van der Waals surface area contributed by atoms with E-state index < -0.39 is 0 Å². The fourth-order valence-electron chi connectivity index (χ4n) is 1.89. The third-order valence-electron chi connectivity index (χ3n) is 2.91. The third-order valence-corrected chi connectivity index (χ3v) is 2.91. The molecule has 1 aliphatic rings. The standard InChI is InChI=1S/C11H23NO/c1-10-4-6-11(7-5-10)13-9-3-2-8-12/h10-11H,2-9,12H2,1H3. The molecular formula is C11H23NO. The highest BCUT2D eigenvalue weighted by atomic mass is 16.5. The number of nitrogens with two attached hydrogens (primary N) is 1. The zero-order valence-electron chi connectivity index (χ0n) is 8.80. The minimum absolute atomic E-state index is 0.550. The normalized spacial score (nSPS) is 29.1. The van der Waals surface area contributed by atoms with Crippen LogP contribution < -0.4 is 5.73 Å². The minimum atomic E-state index is 0.550. The average molecular weight is 185 g/mol. The van der Waals surface area contributed by atoms with Gasteiger partial charge in [0.05, 0.1) is 6.10 Å². The lowest BCUT2D eigenvalue weighted by atomic mass is 9.89. The van der Waals surface area contributed by atoms with Gasteiger partial charge in [-0.1, -0.05) is 6.92 Å². The van der Waals surface area contributed by atoms with Crippen LogP contribution in [0.3, 0.4) is 0 Å². The van der Waals surface area contributed by atoms with Gasteiger partial charge < -0.3 is 10.5 Å². The molecule has 0 aromatic heterocycles. The Balaban J connectivity index is 1.96. The summed E-state index contributed by atoms with van der Waals surface area (Å²) in [5, 5.41) is 0. The summed E-state index contributed by atoms with van der Waals surface area (Å²) < 4.78 is 5.78. The van der Waals surface area contributed by atoms with Gasteiger partial charge in [0, 0.05) is 6.61 Å². The van der Waals surface area contributed by atoms with Gasteiger partial charge in [-0.3, -0.25) is 0 Å². The van der Waals surface area contributed by atoms with Crippen LogP contribution in [0.1, 0.15) is 45.4 Å². The van der Waals surface area contributed by atoms with Gasteiger partial charge in [0.25, 0.3) is 0 Å². The van der Waals surface area contributed by atoms with E-state index in [4.69, 9.17) is 10.5 Å². The van der Waals surface area contributed by atoms with Crippen LogP contribution in [0.5, 0.6) is 0 Å². The highest BCUT2D eigenvalue weighted by Crippen LogP contribution is 2.25. The smallest absolute Gasteiger partial charge is 0.0575 e. The molecule has 1 fully saturated rings. The van der Waals surface area contributed by atoms with Crippen LogP contribution in [0, 0.1) is 5.92 Å². The van der Waals surface area contributed by atoms with Crippen LogP contribution in [-0.2, 0) is 4.74 Å². The van der Waals surface area contributed by atoms with Crippen LogP contribution in [0.2, 0.25) is 0 Å². The molecule has 2 heteroatoms. The second-order valence-electron chi connectivity index (χ2n) is 4.25. The van der Waals surface area contributed by atoms with Crippen molar-refractivity contribution in [3.05, 3.63) is 0 Å². The molecular weight excluding hydrogens is 162 g/mol. The molecule has 0 aliphatic heterocycles. The van der Waals surface area contributed by atoms with Crippen LogP contribution in [0.4, 0.5) is 0 Å². The maximum absolute atomic E-state index is 5.78. The quantitative estimate of drug-likeness (QED) is 0.667. The lowest BCUT2D eigenvalue weighted by molar-refractivity contribution is 0.0183. The number of unbranched alkanes of at least 4 members (excludes halogenated alkanes) is 1. The van der Waals surface area contributed by atoms with E-state index in [1.807, 2.05) is 0 Å². The van der Waals surface area contributed by atoms with Crippen molar-refractivity contribution in [1.82, 2.24) is 0 Å². The maximum Gasteiger partial charge on any atom is 0.0575 e. The summed E-state index contributed by atoms with van der Waals surface area (Å²) in [5.41, 5.74) is 5.41. The summed E-state index contributed by atoms with van der Waals surface area (Å²) in [4.78, 5) is 0. The van der Waals surface area contributed by atoms with Crippen molar-refractivity contribution < 1.29 is 4.74 Å². The summed E-state index contributed by atoms with van der Waals surface area (Å²) in [7, 11) is 0. The molecule has 2 nitrogen and oxygen atoms in total. The topological polar surface area (TPSA) is 35.2 Å².